The van der Waals surface area contributed by atoms with Gasteiger partial charge >= 0.3 is 6.09 Å². The van der Waals surface area contributed by atoms with Crippen LogP contribution in [-0.2, 0) is 5.54 Å². The van der Waals surface area contributed by atoms with Gasteiger partial charge in [0, 0.05) is 18.8 Å². The van der Waals surface area contributed by atoms with E-state index < -0.39 is 11.6 Å². The highest BCUT2D eigenvalue weighted by atomic mass is 16.4. The fourth-order valence-electron chi connectivity index (χ4n) is 5.11. The summed E-state index contributed by atoms with van der Waals surface area (Å²) in [6.07, 6.45) is 1.23. The summed E-state index contributed by atoms with van der Waals surface area (Å²) >= 11 is 0. The molecule has 0 saturated heterocycles. The first-order valence-electron chi connectivity index (χ1n) is 13.0. The van der Waals surface area contributed by atoms with Crippen molar-refractivity contribution in [1.82, 2.24) is 14.8 Å². The Bertz CT molecular complexity index is 1480. The van der Waals surface area contributed by atoms with Crippen LogP contribution < -0.4 is 10.6 Å². The summed E-state index contributed by atoms with van der Waals surface area (Å²) in [6.45, 7) is 6.58. The highest BCUT2D eigenvalue weighted by Gasteiger charge is 2.41. The number of nitrogens with two attached hydrogens (primary N) is 1. The third-order valence-electron chi connectivity index (χ3n) is 7.03. The average Bonchev–Trinajstić information content (AvgIpc) is 3.29. The van der Waals surface area contributed by atoms with Gasteiger partial charge in [0.1, 0.15) is 11.4 Å². The molecule has 1 amide bonds. The van der Waals surface area contributed by atoms with Gasteiger partial charge in [0.05, 0.1) is 10.9 Å². The molecule has 3 aromatic carbocycles. The van der Waals surface area contributed by atoms with Crippen molar-refractivity contribution in [2.75, 3.05) is 17.2 Å². The Morgan fingerprint density at radius 3 is 1.79 bits per heavy atom. The van der Waals surface area contributed by atoms with Crippen LogP contribution in [0.2, 0.25) is 0 Å². The number of hydrogen-bond acceptors (Lipinski definition) is 4. The second-order valence-corrected chi connectivity index (χ2v) is 10.9. The van der Waals surface area contributed by atoms with Crippen molar-refractivity contribution >= 4 is 28.6 Å². The molecule has 5 rings (SSSR count). The summed E-state index contributed by atoms with van der Waals surface area (Å²) in [7, 11) is 0. The fourth-order valence-corrected chi connectivity index (χ4v) is 5.11. The normalized spacial score (nSPS) is 12.0. The maximum absolute atomic E-state index is 12.6. The van der Waals surface area contributed by atoms with Crippen LogP contribution in [0.4, 0.5) is 16.4 Å². The molecule has 3 N–H and O–H groups in total. The van der Waals surface area contributed by atoms with Gasteiger partial charge < -0.3 is 10.8 Å². The number of carboxylic acid groups (broad SMARTS) is 1. The molecular formula is C32H33N5O2. The Hall–Kier alpha value is -4.65. The van der Waals surface area contributed by atoms with Gasteiger partial charge in [-0.25, -0.2) is 14.5 Å². The molecule has 2 aromatic heterocycles. The number of benzene rings is 3. The number of rotatable bonds is 7. The van der Waals surface area contributed by atoms with Crippen LogP contribution in [0.3, 0.4) is 0 Å². The highest BCUT2D eigenvalue weighted by Crippen LogP contribution is 2.44. The number of amides is 1. The van der Waals surface area contributed by atoms with Gasteiger partial charge in [-0.3, -0.25) is 4.90 Å². The van der Waals surface area contributed by atoms with Crippen molar-refractivity contribution in [3.63, 3.8) is 0 Å². The summed E-state index contributed by atoms with van der Waals surface area (Å²) in [6, 6.07) is 32.2. The second-order valence-electron chi connectivity index (χ2n) is 10.9. The van der Waals surface area contributed by atoms with Crippen LogP contribution >= 0.6 is 0 Å². The fraction of sp³-hybridized carbons (Fsp3) is 0.219. The topological polar surface area (TPSA) is 97.3 Å². The number of pyridine rings is 1. The zero-order valence-electron chi connectivity index (χ0n) is 22.5. The predicted molar refractivity (Wildman–Crippen MR) is 156 cm³/mol. The van der Waals surface area contributed by atoms with E-state index in [2.05, 4.69) is 62.2 Å². The molecule has 0 aliphatic rings. The Balaban J connectivity index is 1.90. The maximum atomic E-state index is 12.6. The molecule has 0 atom stereocenters. The van der Waals surface area contributed by atoms with Crippen LogP contribution in [0, 0.1) is 5.41 Å². The lowest BCUT2D eigenvalue weighted by molar-refractivity contribution is 0.200. The second kappa shape index (κ2) is 10.3. The lowest BCUT2D eigenvalue weighted by Gasteiger charge is -2.37. The average molecular weight is 520 g/mol. The van der Waals surface area contributed by atoms with Gasteiger partial charge in [-0.1, -0.05) is 112 Å². The molecule has 5 aromatic rings. The number of fused-ring (bicyclic) bond motifs is 1. The first kappa shape index (κ1) is 26.0. The smallest absolute Gasteiger partial charge is 0.413 e. The lowest BCUT2D eigenvalue weighted by atomic mass is 9.77. The third-order valence-corrected chi connectivity index (χ3v) is 7.03. The van der Waals surface area contributed by atoms with Gasteiger partial charge in [0.15, 0.2) is 5.82 Å². The molecule has 7 heteroatoms. The van der Waals surface area contributed by atoms with E-state index >= 15 is 0 Å². The standard InChI is InChI=1S/C32H33N5O2/c1-31(2,3)19-20-36(30(38)39)29-26-22-34-28(33)21-27(26)37(35-29)32(23-13-7-4-8-14-23,24-15-9-5-10-16-24)25-17-11-6-12-18-25/h4-18,21-22H,19-20H2,1-3H3,(H2,33,34)(H,38,39). The van der Waals surface area contributed by atoms with Crippen molar-refractivity contribution < 1.29 is 9.90 Å². The largest absolute Gasteiger partial charge is 0.465 e. The van der Waals surface area contributed by atoms with Crippen LogP contribution in [0.25, 0.3) is 10.9 Å². The van der Waals surface area contributed by atoms with Crippen LogP contribution in [-0.4, -0.2) is 32.5 Å². The number of nitrogen functional groups attached to an aromatic ring is 1. The molecule has 198 valence electrons. The van der Waals surface area contributed by atoms with E-state index in [1.165, 1.54) is 4.90 Å². The quantitative estimate of drug-likeness (QED) is 0.231. The molecule has 39 heavy (non-hydrogen) atoms. The van der Waals surface area contributed by atoms with Crippen LogP contribution in [0.5, 0.6) is 0 Å². The summed E-state index contributed by atoms with van der Waals surface area (Å²) in [5.74, 6) is 0.663. The first-order chi connectivity index (χ1) is 18.7. The molecule has 0 spiro atoms. The Morgan fingerprint density at radius 1 is 0.872 bits per heavy atom. The van der Waals surface area contributed by atoms with Crippen molar-refractivity contribution in [3.8, 4) is 0 Å². The predicted octanol–water partition coefficient (Wildman–Crippen LogP) is 6.77. The van der Waals surface area contributed by atoms with Crippen LogP contribution in [0.15, 0.2) is 103 Å². The Kier molecular flexibility index (Phi) is 6.83. The molecule has 0 unspecified atom stereocenters. The molecule has 2 heterocycles. The summed E-state index contributed by atoms with van der Waals surface area (Å²) in [4.78, 5) is 18.3. The molecule has 0 saturated carbocycles. The van der Waals surface area contributed by atoms with Gasteiger partial charge in [-0.15, -0.1) is 0 Å². The van der Waals surface area contributed by atoms with Crippen molar-refractivity contribution in [2.24, 2.45) is 5.41 Å². The first-order valence-corrected chi connectivity index (χ1v) is 13.0. The van der Waals surface area contributed by atoms with Gasteiger partial charge in [0.25, 0.3) is 0 Å². The van der Waals surface area contributed by atoms with Crippen molar-refractivity contribution in [2.45, 2.75) is 32.7 Å². The molecule has 0 aliphatic carbocycles. The molecule has 0 bridgehead atoms. The van der Waals surface area contributed by atoms with Crippen LogP contribution in [0.1, 0.15) is 43.9 Å². The van der Waals surface area contributed by atoms with E-state index in [4.69, 9.17) is 10.8 Å². The number of nitrogens with zero attached hydrogens (tertiary/aromatic N) is 4. The minimum Gasteiger partial charge on any atom is -0.465 e. The van der Waals surface area contributed by atoms with Crippen molar-refractivity contribution in [3.05, 3.63) is 120 Å². The van der Waals surface area contributed by atoms with E-state index in [1.807, 2.05) is 59.3 Å². The van der Waals surface area contributed by atoms with Crippen molar-refractivity contribution in [1.29, 1.82) is 0 Å². The number of anilines is 2. The number of carbonyl (C=O) groups is 1. The van der Waals surface area contributed by atoms with Gasteiger partial charge in [-0.2, -0.15) is 5.10 Å². The number of hydrogen-bond donors (Lipinski definition) is 2. The minimum atomic E-state index is -1.06. The molecular weight excluding hydrogens is 486 g/mol. The Labute approximate surface area is 228 Å². The highest BCUT2D eigenvalue weighted by molar-refractivity contribution is 5.99. The van der Waals surface area contributed by atoms with Gasteiger partial charge in [-0.05, 0) is 28.5 Å². The van der Waals surface area contributed by atoms with Gasteiger partial charge in [0.2, 0.25) is 0 Å². The van der Waals surface area contributed by atoms with E-state index in [9.17, 15) is 9.90 Å². The Morgan fingerprint density at radius 2 is 1.36 bits per heavy atom. The van der Waals surface area contributed by atoms with E-state index in [-0.39, 0.29) is 5.41 Å². The summed E-state index contributed by atoms with van der Waals surface area (Å²) in [5, 5.41) is 16.1. The lowest BCUT2D eigenvalue weighted by Crippen LogP contribution is -2.39. The monoisotopic (exact) mass is 519 g/mol. The minimum absolute atomic E-state index is 0.0589. The zero-order chi connectivity index (χ0) is 27.6. The van der Waals surface area contributed by atoms with E-state index in [0.29, 0.717) is 35.5 Å². The third kappa shape index (κ3) is 4.83. The molecule has 0 aliphatic heterocycles. The van der Waals surface area contributed by atoms with E-state index in [1.54, 1.807) is 12.3 Å². The summed E-state index contributed by atoms with van der Waals surface area (Å²) < 4.78 is 1.92. The molecule has 0 fully saturated rings. The summed E-state index contributed by atoms with van der Waals surface area (Å²) in [5.41, 5.74) is 8.87. The SMILES string of the molecule is CC(C)(C)CCN(C(=O)O)c1nn(C(c2ccccc2)(c2ccccc2)c2ccccc2)c2cc(N)ncc12. The number of aromatic nitrogens is 3. The maximum Gasteiger partial charge on any atom is 0.413 e. The molecule has 7 nitrogen and oxygen atoms in total. The molecule has 0 radical (unpaired) electrons. The zero-order valence-corrected chi connectivity index (χ0v) is 22.5. The van der Waals surface area contributed by atoms with E-state index in [0.717, 1.165) is 16.7 Å².